The van der Waals surface area contributed by atoms with E-state index in [4.69, 9.17) is 16.7 Å². The highest BCUT2D eigenvalue weighted by Gasteiger charge is 2.08. The highest BCUT2D eigenvalue weighted by atomic mass is 79.9. The minimum atomic E-state index is -1.02. The molecule has 0 fully saturated rings. The van der Waals surface area contributed by atoms with Crippen molar-refractivity contribution in [1.82, 2.24) is 0 Å². The van der Waals surface area contributed by atoms with E-state index < -0.39 is 11.8 Å². The maximum absolute atomic E-state index is 13.0. The molecule has 0 aliphatic heterocycles. The molecule has 0 bridgehead atoms. The van der Waals surface area contributed by atoms with Crippen LogP contribution in [0.4, 0.5) is 4.39 Å². The fraction of sp³-hybridized carbons (Fsp3) is 0.125. The van der Waals surface area contributed by atoms with Crippen LogP contribution in [0.2, 0.25) is 5.02 Å². The Kier molecular flexibility index (Phi) is 3.27. The molecule has 0 spiro atoms. The molecule has 0 atom stereocenters. The third kappa shape index (κ3) is 2.67. The van der Waals surface area contributed by atoms with E-state index in [0.717, 1.165) is 6.07 Å². The molecule has 2 nitrogen and oxygen atoms in total. The second kappa shape index (κ2) is 4.07. The lowest BCUT2D eigenvalue weighted by atomic mass is 10.1. The van der Waals surface area contributed by atoms with Gasteiger partial charge in [-0.2, -0.15) is 0 Å². The van der Waals surface area contributed by atoms with Gasteiger partial charge in [-0.05, 0) is 33.6 Å². The van der Waals surface area contributed by atoms with E-state index in [0.29, 0.717) is 5.56 Å². The first-order valence-corrected chi connectivity index (χ1v) is 4.53. The van der Waals surface area contributed by atoms with Crippen LogP contribution in [0, 0.1) is 5.82 Å². The number of aliphatic carboxylic acids is 1. The van der Waals surface area contributed by atoms with Crippen LogP contribution in [0.3, 0.4) is 0 Å². The van der Waals surface area contributed by atoms with Crippen LogP contribution >= 0.6 is 27.5 Å². The van der Waals surface area contributed by atoms with Crippen molar-refractivity contribution in [2.75, 3.05) is 0 Å². The standard InChI is InChI=1S/C8H5BrClFO2/c9-8-5(10)1-4(2-6(8)11)3-7(12)13/h1-2H,3H2,(H,12,13). The third-order valence-corrected chi connectivity index (χ3v) is 2.73. The van der Waals surface area contributed by atoms with Gasteiger partial charge in [0.05, 0.1) is 15.9 Å². The van der Waals surface area contributed by atoms with Gasteiger partial charge in [0, 0.05) is 0 Å². The molecule has 0 saturated carbocycles. The van der Waals surface area contributed by atoms with Crippen LogP contribution in [0.15, 0.2) is 16.6 Å². The number of rotatable bonds is 2. The molecule has 1 N–H and O–H groups in total. The van der Waals surface area contributed by atoms with E-state index in [1.54, 1.807) is 0 Å². The lowest BCUT2D eigenvalue weighted by Crippen LogP contribution is -2.00. The van der Waals surface area contributed by atoms with Gasteiger partial charge in [0.1, 0.15) is 5.82 Å². The Morgan fingerprint density at radius 2 is 2.23 bits per heavy atom. The number of carboxylic acids is 1. The van der Waals surface area contributed by atoms with Gasteiger partial charge in [-0.25, -0.2) is 4.39 Å². The van der Waals surface area contributed by atoms with E-state index >= 15 is 0 Å². The summed E-state index contributed by atoms with van der Waals surface area (Å²) in [5, 5.41) is 8.62. The molecular formula is C8H5BrClFO2. The summed E-state index contributed by atoms with van der Waals surface area (Å²) in [6, 6.07) is 2.56. The molecule has 0 amide bonds. The number of benzene rings is 1. The first kappa shape index (κ1) is 10.5. The summed E-state index contributed by atoms with van der Waals surface area (Å²) in [5.41, 5.74) is 0.346. The van der Waals surface area contributed by atoms with Gasteiger partial charge < -0.3 is 5.11 Å². The molecule has 1 aromatic rings. The maximum atomic E-state index is 13.0. The Morgan fingerprint density at radius 1 is 1.62 bits per heavy atom. The van der Waals surface area contributed by atoms with Crippen molar-refractivity contribution >= 4 is 33.5 Å². The third-order valence-electron chi connectivity index (χ3n) is 1.40. The quantitative estimate of drug-likeness (QED) is 0.837. The summed E-state index contributed by atoms with van der Waals surface area (Å²) in [6.07, 6.45) is -0.232. The Balaban J connectivity index is 3.06. The van der Waals surface area contributed by atoms with Crippen LogP contribution in [-0.2, 0) is 11.2 Å². The second-order valence-corrected chi connectivity index (χ2v) is 3.64. The summed E-state index contributed by atoms with van der Waals surface area (Å²) >= 11 is 8.55. The van der Waals surface area contributed by atoms with Crippen LogP contribution in [0.25, 0.3) is 0 Å². The molecule has 1 aromatic carbocycles. The van der Waals surface area contributed by atoms with Crippen LogP contribution in [0.5, 0.6) is 0 Å². The zero-order valence-electron chi connectivity index (χ0n) is 6.35. The zero-order chi connectivity index (χ0) is 10.0. The van der Waals surface area contributed by atoms with Gasteiger partial charge in [-0.1, -0.05) is 11.6 Å². The molecular weight excluding hydrogens is 262 g/mol. The van der Waals surface area contributed by atoms with Crippen molar-refractivity contribution in [2.24, 2.45) is 0 Å². The smallest absolute Gasteiger partial charge is 0.307 e. The van der Waals surface area contributed by atoms with Crippen molar-refractivity contribution in [2.45, 2.75) is 6.42 Å². The average molecular weight is 267 g/mol. The number of hydrogen-bond donors (Lipinski definition) is 1. The first-order chi connectivity index (χ1) is 6.00. The van der Waals surface area contributed by atoms with Crippen molar-refractivity contribution in [3.8, 4) is 0 Å². The number of halogens is 3. The van der Waals surface area contributed by atoms with Gasteiger partial charge in [0.15, 0.2) is 0 Å². The van der Waals surface area contributed by atoms with E-state index in [9.17, 15) is 9.18 Å². The average Bonchev–Trinajstić information content (AvgIpc) is 1.98. The fourth-order valence-corrected chi connectivity index (χ4v) is 1.34. The van der Waals surface area contributed by atoms with E-state index in [2.05, 4.69) is 15.9 Å². The summed E-state index contributed by atoms with van der Waals surface area (Å²) in [6.45, 7) is 0. The Bertz CT molecular complexity index is 331. The molecule has 0 saturated heterocycles. The molecule has 70 valence electrons. The largest absolute Gasteiger partial charge is 0.481 e. The van der Waals surface area contributed by atoms with Crippen molar-refractivity contribution < 1.29 is 14.3 Å². The monoisotopic (exact) mass is 266 g/mol. The molecule has 0 aliphatic carbocycles. The molecule has 0 aliphatic rings. The summed E-state index contributed by atoms with van der Waals surface area (Å²) in [4.78, 5) is 10.3. The molecule has 0 unspecified atom stereocenters. The number of hydrogen-bond acceptors (Lipinski definition) is 1. The summed E-state index contributed by atoms with van der Waals surface area (Å²) < 4.78 is 13.1. The molecule has 5 heteroatoms. The second-order valence-electron chi connectivity index (χ2n) is 2.44. The van der Waals surface area contributed by atoms with Crippen molar-refractivity contribution in [3.05, 3.63) is 33.0 Å². The van der Waals surface area contributed by atoms with E-state index in [1.807, 2.05) is 0 Å². The normalized spacial score (nSPS) is 10.1. The lowest BCUT2D eigenvalue weighted by molar-refractivity contribution is -0.136. The summed E-state index contributed by atoms with van der Waals surface area (Å²) in [7, 11) is 0. The predicted molar refractivity (Wildman–Crippen MR) is 50.4 cm³/mol. The predicted octanol–water partition coefficient (Wildman–Crippen LogP) is 2.87. The number of carbonyl (C=O) groups is 1. The van der Waals surface area contributed by atoms with Crippen molar-refractivity contribution in [1.29, 1.82) is 0 Å². The molecule has 13 heavy (non-hydrogen) atoms. The van der Waals surface area contributed by atoms with Gasteiger partial charge in [-0.3, -0.25) is 4.79 Å². The number of carboxylic acid groups (broad SMARTS) is 1. The van der Waals surface area contributed by atoms with Gasteiger partial charge in [-0.15, -0.1) is 0 Å². The van der Waals surface area contributed by atoms with Gasteiger partial charge in [0.2, 0.25) is 0 Å². The van der Waals surface area contributed by atoms with Gasteiger partial charge >= 0.3 is 5.97 Å². The van der Waals surface area contributed by atoms with Crippen molar-refractivity contribution in [3.63, 3.8) is 0 Å². The highest BCUT2D eigenvalue weighted by Crippen LogP contribution is 2.26. The molecule has 1 rings (SSSR count). The molecule has 0 radical (unpaired) electrons. The Hall–Kier alpha value is -0.610. The lowest BCUT2D eigenvalue weighted by Gasteiger charge is -2.01. The Morgan fingerprint density at radius 3 is 2.69 bits per heavy atom. The first-order valence-electron chi connectivity index (χ1n) is 3.36. The minimum Gasteiger partial charge on any atom is -0.481 e. The van der Waals surface area contributed by atoms with Crippen LogP contribution < -0.4 is 0 Å². The minimum absolute atomic E-state index is 0.156. The molecule has 0 heterocycles. The maximum Gasteiger partial charge on any atom is 0.307 e. The summed E-state index contributed by atoms with van der Waals surface area (Å²) in [5.74, 6) is -1.57. The van der Waals surface area contributed by atoms with E-state index in [-0.39, 0.29) is 15.9 Å². The molecule has 0 aromatic heterocycles. The zero-order valence-corrected chi connectivity index (χ0v) is 8.69. The highest BCUT2D eigenvalue weighted by molar-refractivity contribution is 9.10. The SMILES string of the molecule is O=C(O)Cc1cc(F)c(Br)c(Cl)c1. The fourth-order valence-electron chi connectivity index (χ4n) is 0.885. The van der Waals surface area contributed by atoms with Crippen LogP contribution in [0.1, 0.15) is 5.56 Å². The van der Waals surface area contributed by atoms with Gasteiger partial charge in [0.25, 0.3) is 0 Å². The Labute approximate surface area is 87.5 Å². The van der Waals surface area contributed by atoms with E-state index in [1.165, 1.54) is 6.07 Å². The van der Waals surface area contributed by atoms with Crippen LogP contribution in [-0.4, -0.2) is 11.1 Å². The topological polar surface area (TPSA) is 37.3 Å².